The second-order valence-corrected chi connectivity index (χ2v) is 3.68. The van der Waals surface area contributed by atoms with Crippen molar-refractivity contribution in [3.8, 4) is 0 Å². The maximum atomic E-state index is 11.3. The molecule has 1 amide bonds. The normalized spacial score (nSPS) is 19.9. The van der Waals surface area contributed by atoms with Gasteiger partial charge in [0.25, 0.3) is 0 Å². The van der Waals surface area contributed by atoms with Crippen LogP contribution < -0.4 is 11.1 Å². The molecule has 0 saturated heterocycles. The summed E-state index contributed by atoms with van der Waals surface area (Å²) in [5, 5.41) is 11.3. The van der Waals surface area contributed by atoms with Gasteiger partial charge in [0.1, 0.15) is 6.04 Å². The van der Waals surface area contributed by atoms with E-state index in [9.17, 15) is 9.59 Å². The number of amides is 1. The molecule has 5 heteroatoms. The Bertz CT molecular complexity index is 238. The fourth-order valence-electron chi connectivity index (χ4n) is 1.26. The smallest absolute Gasteiger partial charge is 0.326 e. The van der Waals surface area contributed by atoms with Crippen LogP contribution in [0.25, 0.3) is 0 Å². The van der Waals surface area contributed by atoms with Crippen LogP contribution in [-0.4, -0.2) is 29.1 Å². The third-order valence-electron chi connectivity index (χ3n) is 2.43. The van der Waals surface area contributed by atoms with Gasteiger partial charge in [-0.15, -0.1) is 0 Å². The Balaban J connectivity index is 2.46. The van der Waals surface area contributed by atoms with Gasteiger partial charge in [-0.2, -0.15) is 0 Å². The largest absolute Gasteiger partial charge is 0.480 e. The van der Waals surface area contributed by atoms with Crippen molar-refractivity contribution in [2.75, 3.05) is 0 Å². The van der Waals surface area contributed by atoms with Crippen LogP contribution in [0.5, 0.6) is 0 Å². The summed E-state index contributed by atoms with van der Waals surface area (Å²) in [4.78, 5) is 22.1. The van der Waals surface area contributed by atoms with Gasteiger partial charge in [-0.25, -0.2) is 4.79 Å². The lowest BCUT2D eigenvalue weighted by Crippen LogP contribution is -2.49. The summed E-state index contributed by atoms with van der Waals surface area (Å²) in [5.41, 5.74) is 5.48. The number of aliphatic carboxylic acids is 1. The van der Waals surface area contributed by atoms with Crippen LogP contribution in [0, 0.1) is 5.92 Å². The average molecular weight is 200 g/mol. The Morgan fingerprint density at radius 1 is 1.57 bits per heavy atom. The molecule has 2 atom stereocenters. The molecule has 0 aliphatic heterocycles. The lowest BCUT2D eigenvalue weighted by Gasteiger charge is -2.16. The molecule has 1 unspecified atom stereocenters. The highest BCUT2D eigenvalue weighted by Crippen LogP contribution is 2.32. The molecular formula is C9H16N2O3. The van der Waals surface area contributed by atoms with Gasteiger partial charge in [-0.3, -0.25) is 4.79 Å². The standard InChI is InChI=1S/C9H16N2O3/c1-2-6(10)8(12)11-7(9(13)14)5-3-4-5/h5-7H,2-4,10H2,1H3,(H,11,12)(H,13,14)/t6-,7?/m0/s1. The summed E-state index contributed by atoms with van der Waals surface area (Å²) >= 11 is 0. The summed E-state index contributed by atoms with van der Waals surface area (Å²) in [6, 6.07) is -1.35. The molecule has 0 heterocycles. The predicted molar refractivity (Wildman–Crippen MR) is 50.6 cm³/mol. The van der Waals surface area contributed by atoms with Crippen LogP contribution in [-0.2, 0) is 9.59 Å². The number of carbonyl (C=O) groups excluding carboxylic acids is 1. The molecule has 0 radical (unpaired) electrons. The molecule has 1 rings (SSSR count). The van der Waals surface area contributed by atoms with Crippen LogP contribution in [0.1, 0.15) is 26.2 Å². The van der Waals surface area contributed by atoms with Crippen molar-refractivity contribution < 1.29 is 14.7 Å². The highest BCUT2D eigenvalue weighted by atomic mass is 16.4. The molecule has 1 fully saturated rings. The fourth-order valence-corrected chi connectivity index (χ4v) is 1.26. The first-order valence-electron chi connectivity index (χ1n) is 4.85. The third-order valence-corrected chi connectivity index (χ3v) is 2.43. The van der Waals surface area contributed by atoms with E-state index in [2.05, 4.69) is 5.32 Å². The number of nitrogens with two attached hydrogens (primary N) is 1. The van der Waals surface area contributed by atoms with Crippen LogP contribution in [0.2, 0.25) is 0 Å². The first-order valence-corrected chi connectivity index (χ1v) is 4.85. The van der Waals surface area contributed by atoms with Gasteiger partial charge >= 0.3 is 5.97 Å². The number of rotatable bonds is 5. The van der Waals surface area contributed by atoms with Crippen molar-refractivity contribution in [3.63, 3.8) is 0 Å². The quantitative estimate of drug-likeness (QED) is 0.568. The molecule has 0 aromatic carbocycles. The maximum Gasteiger partial charge on any atom is 0.326 e. The Hall–Kier alpha value is -1.10. The lowest BCUT2D eigenvalue weighted by atomic mass is 10.1. The number of carboxylic acids is 1. The second kappa shape index (κ2) is 4.41. The summed E-state index contributed by atoms with van der Waals surface area (Å²) in [6.45, 7) is 1.79. The first kappa shape index (κ1) is 11.0. The van der Waals surface area contributed by atoms with E-state index in [-0.39, 0.29) is 11.8 Å². The van der Waals surface area contributed by atoms with E-state index in [1.165, 1.54) is 0 Å². The first-order chi connectivity index (χ1) is 6.56. The van der Waals surface area contributed by atoms with E-state index >= 15 is 0 Å². The zero-order valence-corrected chi connectivity index (χ0v) is 8.19. The molecule has 4 N–H and O–H groups in total. The Kier molecular flexibility index (Phi) is 3.46. The van der Waals surface area contributed by atoms with Gasteiger partial charge < -0.3 is 16.2 Å². The van der Waals surface area contributed by atoms with Gasteiger partial charge in [0.05, 0.1) is 6.04 Å². The highest BCUT2D eigenvalue weighted by molar-refractivity contribution is 5.87. The van der Waals surface area contributed by atoms with Crippen LogP contribution in [0.4, 0.5) is 0 Å². The van der Waals surface area contributed by atoms with Gasteiger partial charge in [-0.1, -0.05) is 6.92 Å². The van der Waals surface area contributed by atoms with Crippen LogP contribution in [0.3, 0.4) is 0 Å². The molecule has 0 aromatic heterocycles. The average Bonchev–Trinajstić information content (AvgIpc) is 2.95. The van der Waals surface area contributed by atoms with Crippen LogP contribution in [0.15, 0.2) is 0 Å². The molecule has 0 bridgehead atoms. The number of carboxylic acid groups (broad SMARTS) is 1. The third kappa shape index (κ3) is 2.70. The van der Waals surface area contributed by atoms with E-state index < -0.39 is 18.1 Å². The number of nitrogens with one attached hydrogen (secondary N) is 1. The zero-order chi connectivity index (χ0) is 10.7. The maximum absolute atomic E-state index is 11.3. The van der Waals surface area contributed by atoms with Crippen molar-refractivity contribution in [2.24, 2.45) is 11.7 Å². The van der Waals surface area contributed by atoms with E-state index in [0.717, 1.165) is 12.8 Å². The summed E-state index contributed by atoms with van der Waals surface area (Å²) < 4.78 is 0. The second-order valence-electron chi connectivity index (χ2n) is 3.68. The van der Waals surface area contributed by atoms with E-state index in [4.69, 9.17) is 10.8 Å². The van der Waals surface area contributed by atoms with Gasteiger partial charge in [-0.05, 0) is 25.2 Å². The molecule has 14 heavy (non-hydrogen) atoms. The minimum atomic E-state index is -0.968. The molecule has 1 saturated carbocycles. The van der Waals surface area contributed by atoms with E-state index in [1.807, 2.05) is 0 Å². The summed E-state index contributed by atoms with van der Waals surface area (Å²) in [5.74, 6) is -1.24. The van der Waals surface area contributed by atoms with Gasteiger partial charge in [0, 0.05) is 0 Å². The highest BCUT2D eigenvalue weighted by Gasteiger charge is 2.37. The van der Waals surface area contributed by atoms with Crippen molar-refractivity contribution in [1.29, 1.82) is 0 Å². The van der Waals surface area contributed by atoms with Crippen molar-refractivity contribution in [3.05, 3.63) is 0 Å². The lowest BCUT2D eigenvalue weighted by molar-refractivity contribution is -0.142. The summed E-state index contributed by atoms with van der Waals surface area (Å²) in [6.07, 6.45) is 2.26. The molecule has 0 spiro atoms. The van der Waals surface area contributed by atoms with Crippen molar-refractivity contribution in [1.82, 2.24) is 5.32 Å². The fraction of sp³-hybridized carbons (Fsp3) is 0.778. The zero-order valence-electron chi connectivity index (χ0n) is 8.19. The molecule has 1 aliphatic carbocycles. The number of hydrogen-bond acceptors (Lipinski definition) is 3. The summed E-state index contributed by atoms with van der Waals surface area (Å²) in [7, 11) is 0. The Morgan fingerprint density at radius 2 is 2.14 bits per heavy atom. The van der Waals surface area contributed by atoms with Gasteiger partial charge in [0.15, 0.2) is 0 Å². The Labute approximate surface area is 82.7 Å². The predicted octanol–water partition coefficient (Wildman–Crippen LogP) is -0.297. The molecular weight excluding hydrogens is 184 g/mol. The molecule has 80 valence electrons. The van der Waals surface area contributed by atoms with E-state index in [0.29, 0.717) is 6.42 Å². The monoisotopic (exact) mass is 200 g/mol. The number of hydrogen-bond donors (Lipinski definition) is 3. The minimum absolute atomic E-state index is 0.0977. The van der Waals surface area contributed by atoms with E-state index in [1.54, 1.807) is 6.92 Å². The molecule has 1 aliphatic rings. The SMILES string of the molecule is CC[C@H](N)C(=O)NC(C(=O)O)C1CC1. The van der Waals surface area contributed by atoms with Gasteiger partial charge in [0.2, 0.25) is 5.91 Å². The Morgan fingerprint density at radius 3 is 2.50 bits per heavy atom. The molecule has 5 nitrogen and oxygen atoms in total. The minimum Gasteiger partial charge on any atom is -0.480 e. The van der Waals surface area contributed by atoms with Crippen molar-refractivity contribution in [2.45, 2.75) is 38.3 Å². The number of carbonyl (C=O) groups is 2. The van der Waals surface area contributed by atoms with Crippen molar-refractivity contribution >= 4 is 11.9 Å². The van der Waals surface area contributed by atoms with Crippen LogP contribution >= 0.6 is 0 Å². The topological polar surface area (TPSA) is 92.4 Å². The molecule has 0 aromatic rings.